The lowest BCUT2D eigenvalue weighted by atomic mass is 9.77. The second-order valence-corrected chi connectivity index (χ2v) is 6.21. The van der Waals surface area contributed by atoms with Gasteiger partial charge in [-0.15, -0.1) is 24.8 Å². The molecule has 0 amide bonds. The van der Waals surface area contributed by atoms with Crippen LogP contribution in [-0.2, 0) is 6.54 Å². The SMILES string of the molecule is CC1(C)CN(Cc2ccncc2)C2=CC=C(O)CC21.Cl.Cl. The van der Waals surface area contributed by atoms with Crippen LogP contribution in [0.15, 0.2) is 48.1 Å². The number of fused-ring (bicyclic) bond motifs is 1. The van der Waals surface area contributed by atoms with Crippen LogP contribution in [0.1, 0.15) is 25.8 Å². The molecule has 2 aliphatic rings. The maximum Gasteiger partial charge on any atom is 0.0930 e. The maximum absolute atomic E-state index is 9.75. The number of likely N-dealkylation sites (tertiary alicyclic amines) is 1. The molecule has 0 spiro atoms. The predicted molar refractivity (Wildman–Crippen MR) is 89.8 cm³/mol. The van der Waals surface area contributed by atoms with Crippen molar-refractivity contribution in [1.82, 2.24) is 9.88 Å². The minimum atomic E-state index is 0. The van der Waals surface area contributed by atoms with Crippen molar-refractivity contribution in [2.75, 3.05) is 6.54 Å². The molecule has 1 aliphatic carbocycles. The molecule has 1 aromatic heterocycles. The summed E-state index contributed by atoms with van der Waals surface area (Å²) in [5, 5.41) is 9.75. The van der Waals surface area contributed by atoms with E-state index in [0.717, 1.165) is 19.5 Å². The van der Waals surface area contributed by atoms with Crippen LogP contribution >= 0.6 is 24.8 Å². The van der Waals surface area contributed by atoms with Crippen molar-refractivity contribution < 1.29 is 5.11 Å². The van der Waals surface area contributed by atoms with Crippen LogP contribution in [-0.4, -0.2) is 21.5 Å². The molecule has 0 aromatic carbocycles. The van der Waals surface area contributed by atoms with Crippen molar-refractivity contribution >= 4 is 24.8 Å². The summed E-state index contributed by atoms with van der Waals surface area (Å²) >= 11 is 0. The summed E-state index contributed by atoms with van der Waals surface area (Å²) in [6.45, 7) is 6.53. The van der Waals surface area contributed by atoms with E-state index in [2.05, 4.69) is 41.9 Å². The lowest BCUT2D eigenvalue weighted by Gasteiger charge is -2.27. The van der Waals surface area contributed by atoms with E-state index in [1.54, 1.807) is 0 Å². The molecular weight excluding hydrogens is 307 g/mol. The number of rotatable bonds is 2. The second-order valence-electron chi connectivity index (χ2n) is 6.21. The van der Waals surface area contributed by atoms with E-state index in [-0.39, 0.29) is 30.2 Å². The monoisotopic (exact) mass is 328 g/mol. The molecule has 1 aromatic rings. The highest BCUT2D eigenvalue weighted by Gasteiger charge is 2.43. The molecule has 1 aliphatic heterocycles. The fourth-order valence-corrected chi connectivity index (χ4v) is 3.23. The molecule has 0 radical (unpaired) electrons. The Morgan fingerprint density at radius 1 is 1.24 bits per heavy atom. The second kappa shape index (κ2) is 6.71. The highest BCUT2D eigenvalue weighted by atomic mass is 35.5. The van der Waals surface area contributed by atoms with Crippen LogP contribution in [0.4, 0.5) is 0 Å². The van der Waals surface area contributed by atoms with Gasteiger partial charge in [0.15, 0.2) is 0 Å². The molecule has 116 valence electrons. The molecule has 3 rings (SSSR count). The van der Waals surface area contributed by atoms with Crippen molar-refractivity contribution in [3.8, 4) is 0 Å². The quantitative estimate of drug-likeness (QED) is 0.887. The minimum Gasteiger partial charge on any atom is -0.512 e. The summed E-state index contributed by atoms with van der Waals surface area (Å²) in [7, 11) is 0. The van der Waals surface area contributed by atoms with Crippen molar-refractivity contribution in [3.05, 3.63) is 53.7 Å². The van der Waals surface area contributed by atoms with Crippen molar-refractivity contribution in [3.63, 3.8) is 0 Å². The van der Waals surface area contributed by atoms with Gasteiger partial charge in [0.25, 0.3) is 0 Å². The Kier molecular flexibility index (Phi) is 5.71. The fraction of sp³-hybridized carbons (Fsp3) is 0.438. The number of aliphatic hydroxyl groups excluding tert-OH is 1. The smallest absolute Gasteiger partial charge is 0.0930 e. The van der Waals surface area contributed by atoms with Crippen LogP contribution in [0.5, 0.6) is 0 Å². The van der Waals surface area contributed by atoms with E-state index in [9.17, 15) is 5.11 Å². The Hall–Kier alpha value is -1.19. The highest BCUT2D eigenvalue weighted by Crippen LogP contribution is 2.47. The Labute approximate surface area is 138 Å². The van der Waals surface area contributed by atoms with Gasteiger partial charge in [-0.2, -0.15) is 0 Å². The number of pyridine rings is 1. The summed E-state index contributed by atoms with van der Waals surface area (Å²) in [4.78, 5) is 6.50. The van der Waals surface area contributed by atoms with Gasteiger partial charge in [0.2, 0.25) is 0 Å². The largest absolute Gasteiger partial charge is 0.512 e. The van der Waals surface area contributed by atoms with Gasteiger partial charge in [0.05, 0.1) is 5.76 Å². The fourth-order valence-electron chi connectivity index (χ4n) is 3.23. The lowest BCUT2D eigenvalue weighted by molar-refractivity contribution is 0.248. The number of nitrogens with zero attached hydrogens (tertiary/aromatic N) is 2. The summed E-state index contributed by atoms with van der Waals surface area (Å²) in [5.74, 6) is 0.937. The van der Waals surface area contributed by atoms with Gasteiger partial charge >= 0.3 is 0 Å². The minimum absolute atomic E-state index is 0. The molecule has 0 saturated carbocycles. The molecular formula is C16H22Cl2N2O. The molecule has 1 N–H and O–H groups in total. The lowest BCUT2D eigenvalue weighted by Crippen LogP contribution is -2.23. The summed E-state index contributed by atoms with van der Waals surface area (Å²) in [6, 6.07) is 4.13. The van der Waals surface area contributed by atoms with Crippen molar-refractivity contribution in [2.24, 2.45) is 11.3 Å². The molecule has 1 saturated heterocycles. The first-order valence-electron chi connectivity index (χ1n) is 6.80. The third kappa shape index (κ3) is 3.53. The number of halogens is 2. The Balaban J connectivity index is 0.00000110. The zero-order valence-electron chi connectivity index (χ0n) is 12.3. The normalized spacial score (nSPS) is 22.4. The van der Waals surface area contributed by atoms with Crippen LogP contribution in [0, 0.1) is 11.3 Å². The van der Waals surface area contributed by atoms with Gasteiger partial charge in [-0.1, -0.05) is 13.8 Å². The van der Waals surface area contributed by atoms with Crippen molar-refractivity contribution in [2.45, 2.75) is 26.8 Å². The zero-order chi connectivity index (χ0) is 13.5. The number of aliphatic hydroxyl groups is 1. The molecule has 3 nitrogen and oxygen atoms in total. The van der Waals surface area contributed by atoms with E-state index < -0.39 is 0 Å². The molecule has 1 unspecified atom stereocenters. The Morgan fingerprint density at radius 2 is 1.90 bits per heavy atom. The van der Waals surface area contributed by atoms with E-state index >= 15 is 0 Å². The van der Waals surface area contributed by atoms with E-state index in [4.69, 9.17) is 0 Å². The van der Waals surface area contributed by atoms with Crippen LogP contribution in [0.25, 0.3) is 0 Å². The first-order valence-corrected chi connectivity index (χ1v) is 6.80. The van der Waals surface area contributed by atoms with E-state index in [1.165, 1.54) is 11.3 Å². The standard InChI is InChI=1S/C16H20N2O.2ClH/c1-16(2)11-18(10-12-5-7-17-8-6-12)15-4-3-13(19)9-14(15)16;;/h3-8,14,19H,9-11H2,1-2H3;2*1H. The average molecular weight is 329 g/mol. The third-order valence-electron chi connectivity index (χ3n) is 4.25. The first-order chi connectivity index (χ1) is 9.06. The molecule has 1 atom stereocenters. The summed E-state index contributed by atoms with van der Waals surface area (Å²) < 4.78 is 0. The van der Waals surface area contributed by atoms with E-state index in [0.29, 0.717) is 11.7 Å². The number of aromatic nitrogens is 1. The summed E-state index contributed by atoms with van der Waals surface area (Å²) in [6.07, 6.45) is 8.38. The molecule has 1 fully saturated rings. The Morgan fingerprint density at radius 3 is 2.57 bits per heavy atom. The number of hydrogen-bond acceptors (Lipinski definition) is 3. The van der Waals surface area contributed by atoms with Gasteiger partial charge in [0, 0.05) is 43.5 Å². The third-order valence-corrected chi connectivity index (χ3v) is 4.25. The maximum atomic E-state index is 9.75. The van der Waals surface area contributed by atoms with Crippen molar-refractivity contribution in [1.29, 1.82) is 0 Å². The van der Waals surface area contributed by atoms with Gasteiger partial charge in [-0.3, -0.25) is 4.98 Å². The van der Waals surface area contributed by atoms with E-state index in [1.807, 2.05) is 18.5 Å². The molecule has 21 heavy (non-hydrogen) atoms. The first kappa shape index (κ1) is 17.9. The van der Waals surface area contributed by atoms with Crippen LogP contribution < -0.4 is 0 Å². The van der Waals surface area contributed by atoms with Gasteiger partial charge in [-0.05, 0) is 35.3 Å². The van der Waals surface area contributed by atoms with Crippen LogP contribution in [0.2, 0.25) is 0 Å². The topological polar surface area (TPSA) is 36.4 Å². The molecule has 5 heteroatoms. The zero-order valence-corrected chi connectivity index (χ0v) is 14.0. The van der Waals surface area contributed by atoms with Gasteiger partial charge < -0.3 is 10.0 Å². The summed E-state index contributed by atoms with van der Waals surface area (Å²) in [5.41, 5.74) is 2.85. The number of hydrogen-bond donors (Lipinski definition) is 1. The molecule has 2 heterocycles. The van der Waals surface area contributed by atoms with Gasteiger partial charge in [-0.25, -0.2) is 0 Å². The average Bonchev–Trinajstić information content (AvgIpc) is 2.62. The number of allylic oxidation sites excluding steroid dienone is 4. The Bertz CT molecular complexity index is 540. The highest BCUT2D eigenvalue weighted by molar-refractivity contribution is 5.85. The predicted octanol–water partition coefficient (Wildman–Crippen LogP) is 4.11. The molecule has 0 bridgehead atoms. The van der Waals surface area contributed by atoms with Crippen LogP contribution in [0.3, 0.4) is 0 Å². The van der Waals surface area contributed by atoms with Gasteiger partial charge in [0.1, 0.15) is 0 Å².